The fraction of sp³-hybridized carbons (Fsp3) is 0.200. The molecule has 1 aliphatic heterocycles. The summed E-state index contributed by atoms with van der Waals surface area (Å²) < 4.78 is 10.6. The highest BCUT2D eigenvalue weighted by Crippen LogP contribution is 2.35. The first-order chi connectivity index (χ1) is 15.4. The van der Waals surface area contributed by atoms with Crippen LogP contribution < -0.4 is 14.8 Å². The molecule has 0 radical (unpaired) electrons. The second-order valence-corrected chi connectivity index (χ2v) is 8.50. The van der Waals surface area contributed by atoms with Gasteiger partial charge in [-0.2, -0.15) is 0 Å². The Morgan fingerprint density at radius 3 is 2.38 bits per heavy atom. The summed E-state index contributed by atoms with van der Waals surface area (Å²) >= 11 is 1.43. The van der Waals surface area contributed by atoms with Crippen LogP contribution >= 0.6 is 11.3 Å². The van der Waals surface area contributed by atoms with E-state index in [1.54, 1.807) is 26.4 Å². The van der Waals surface area contributed by atoms with E-state index in [0.717, 1.165) is 27.3 Å². The molecule has 2 heterocycles. The summed E-state index contributed by atoms with van der Waals surface area (Å²) in [5.74, 6) is 0.460. The topological polar surface area (TPSA) is 67.9 Å². The molecule has 6 nitrogen and oxygen atoms in total. The van der Waals surface area contributed by atoms with Gasteiger partial charge in [0.1, 0.15) is 5.70 Å². The van der Waals surface area contributed by atoms with Crippen LogP contribution in [0.1, 0.15) is 21.6 Å². The molecule has 0 spiro atoms. The van der Waals surface area contributed by atoms with Gasteiger partial charge in [-0.15, -0.1) is 11.3 Å². The highest BCUT2D eigenvalue weighted by atomic mass is 32.1. The number of benzene rings is 2. The number of anilines is 1. The molecule has 0 atom stereocenters. The Balaban J connectivity index is 1.69. The van der Waals surface area contributed by atoms with E-state index in [1.807, 2.05) is 55.6 Å². The zero-order valence-corrected chi connectivity index (χ0v) is 19.2. The van der Waals surface area contributed by atoms with Crippen molar-refractivity contribution in [1.82, 2.24) is 4.90 Å². The number of rotatable bonds is 7. The van der Waals surface area contributed by atoms with Crippen molar-refractivity contribution in [1.29, 1.82) is 0 Å². The van der Waals surface area contributed by atoms with Gasteiger partial charge < -0.3 is 14.8 Å². The first-order valence-electron chi connectivity index (χ1n) is 10.1. The van der Waals surface area contributed by atoms with Gasteiger partial charge in [0, 0.05) is 10.6 Å². The third kappa shape index (κ3) is 3.99. The maximum atomic E-state index is 13.4. The number of hydrogen-bond donors (Lipinski definition) is 1. The Morgan fingerprint density at radius 1 is 0.938 bits per heavy atom. The second-order valence-electron chi connectivity index (χ2n) is 7.56. The molecule has 164 valence electrons. The SMILES string of the molecule is COc1ccc(CN2C(=O)C(Nc3ccc(C)cc3C)=C(c3cccs3)C2=O)cc1OC. The van der Waals surface area contributed by atoms with Crippen LogP contribution in [0.5, 0.6) is 11.5 Å². The lowest BCUT2D eigenvalue weighted by Gasteiger charge is -2.17. The minimum Gasteiger partial charge on any atom is -0.493 e. The van der Waals surface area contributed by atoms with Crippen molar-refractivity contribution in [3.8, 4) is 11.5 Å². The molecule has 2 amide bonds. The van der Waals surface area contributed by atoms with Crippen LogP contribution in [0.25, 0.3) is 5.57 Å². The van der Waals surface area contributed by atoms with Crippen molar-refractivity contribution in [2.75, 3.05) is 19.5 Å². The maximum Gasteiger partial charge on any atom is 0.278 e. The van der Waals surface area contributed by atoms with Crippen molar-refractivity contribution >= 4 is 34.4 Å². The molecule has 32 heavy (non-hydrogen) atoms. The van der Waals surface area contributed by atoms with Gasteiger partial charge in [0.2, 0.25) is 0 Å². The molecule has 1 aromatic heterocycles. The summed E-state index contributed by atoms with van der Waals surface area (Å²) in [7, 11) is 3.11. The number of hydrogen-bond acceptors (Lipinski definition) is 6. The molecule has 0 saturated carbocycles. The minimum atomic E-state index is -0.354. The van der Waals surface area contributed by atoms with E-state index < -0.39 is 0 Å². The number of carbonyl (C=O) groups excluding carboxylic acids is 2. The van der Waals surface area contributed by atoms with E-state index in [4.69, 9.17) is 9.47 Å². The quantitative estimate of drug-likeness (QED) is 0.527. The summed E-state index contributed by atoms with van der Waals surface area (Å²) in [6, 6.07) is 15.0. The number of thiophene rings is 1. The lowest BCUT2D eigenvalue weighted by Crippen LogP contribution is -2.32. The number of amides is 2. The first kappa shape index (κ1) is 21.6. The summed E-state index contributed by atoms with van der Waals surface area (Å²) in [6.45, 7) is 4.12. The number of imide groups is 1. The standard InChI is InChI=1S/C25H24N2O4S/c1-15-7-9-18(16(2)12-15)26-23-22(21-6-5-11-32-21)24(28)27(25(23)29)14-17-8-10-19(30-3)20(13-17)31-4/h5-13,26H,14H2,1-4H3. The first-order valence-corrected chi connectivity index (χ1v) is 11.0. The molecule has 7 heteroatoms. The number of nitrogens with one attached hydrogen (secondary N) is 1. The highest BCUT2D eigenvalue weighted by Gasteiger charge is 2.39. The number of methoxy groups -OCH3 is 2. The summed E-state index contributed by atoms with van der Waals surface area (Å²) in [5.41, 5.74) is 4.39. The van der Waals surface area contributed by atoms with Crippen LogP contribution in [0.4, 0.5) is 5.69 Å². The lowest BCUT2D eigenvalue weighted by atomic mass is 10.1. The Hall–Kier alpha value is -3.58. The van der Waals surface area contributed by atoms with Crippen molar-refractivity contribution in [3.05, 3.63) is 81.2 Å². The lowest BCUT2D eigenvalue weighted by molar-refractivity contribution is -0.137. The monoisotopic (exact) mass is 448 g/mol. The Morgan fingerprint density at radius 2 is 1.72 bits per heavy atom. The van der Waals surface area contributed by atoms with Crippen LogP contribution in [0.15, 0.2) is 59.6 Å². The number of nitrogens with zero attached hydrogens (tertiary/aromatic N) is 1. The van der Waals surface area contributed by atoms with Gasteiger partial charge in [0.05, 0.1) is 26.3 Å². The minimum absolute atomic E-state index is 0.130. The van der Waals surface area contributed by atoms with Gasteiger partial charge in [-0.1, -0.05) is 29.8 Å². The van der Waals surface area contributed by atoms with E-state index >= 15 is 0 Å². The van der Waals surface area contributed by atoms with Crippen molar-refractivity contribution in [2.45, 2.75) is 20.4 Å². The fourth-order valence-electron chi connectivity index (χ4n) is 3.74. The second kappa shape index (κ2) is 8.88. The van der Waals surface area contributed by atoms with Crippen molar-refractivity contribution < 1.29 is 19.1 Å². The predicted molar refractivity (Wildman–Crippen MR) is 126 cm³/mol. The molecule has 1 N–H and O–H groups in total. The van der Waals surface area contributed by atoms with Gasteiger partial charge in [-0.05, 0) is 54.6 Å². The maximum absolute atomic E-state index is 13.4. The normalized spacial score (nSPS) is 13.7. The van der Waals surface area contributed by atoms with Crippen molar-refractivity contribution in [3.63, 3.8) is 0 Å². The Labute approximate surface area is 191 Å². The third-order valence-electron chi connectivity index (χ3n) is 5.37. The average Bonchev–Trinajstić information content (AvgIpc) is 3.38. The van der Waals surface area contributed by atoms with E-state index in [0.29, 0.717) is 22.8 Å². The van der Waals surface area contributed by atoms with Crippen LogP contribution in [0.2, 0.25) is 0 Å². The molecule has 0 aliphatic carbocycles. The summed E-state index contributed by atoms with van der Waals surface area (Å²) in [4.78, 5) is 28.8. The molecule has 0 bridgehead atoms. The number of ether oxygens (including phenoxy) is 2. The molecule has 1 aliphatic rings. The molecular formula is C25H24N2O4S. The largest absolute Gasteiger partial charge is 0.493 e. The van der Waals surface area contributed by atoms with Crippen LogP contribution in [0, 0.1) is 13.8 Å². The highest BCUT2D eigenvalue weighted by molar-refractivity contribution is 7.11. The van der Waals surface area contributed by atoms with E-state index in [-0.39, 0.29) is 18.4 Å². The summed E-state index contributed by atoms with van der Waals surface area (Å²) in [6.07, 6.45) is 0. The smallest absolute Gasteiger partial charge is 0.278 e. The molecule has 0 unspecified atom stereocenters. The van der Waals surface area contributed by atoms with E-state index in [1.165, 1.54) is 16.2 Å². The molecule has 3 aromatic rings. The van der Waals surface area contributed by atoms with Gasteiger partial charge >= 0.3 is 0 Å². The Kier molecular flexibility index (Phi) is 6.01. The molecular weight excluding hydrogens is 424 g/mol. The summed E-state index contributed by atoms with van der Waals surface area (Å²) in [5, 5.41) is 5.14. The Bertz CT molecular complexity index is 1210. The predicted octanol–water partition coefficient (Wildman–Crippen LogP) is 4.77. The van der Waals surface area contributed by atoms with Crippen LogP contribution in [0.3, 0.4) is 0 Å². The van der Waals surface area contributed by atoms with Gasteiger partial charge in [-0.25, -0.2) is 0 Å². The molecule has 0 fully saturated rings. The van der Waals surface area contributed by atoms with Crippen LogP contribution in [-0.4, -0.2) is 30.9 Å². The fourth-order valence-corrected chi connectivity index (χ4v) is 4.50. The van der Waals surface area contributed by atoms with E-state index in [9.17, 15) is 9.59 Å². The van der Waals surface area contributed by atoms with Crippen molar-refractivity contribution in [2.24, 2.45) is 0 Å². The van der Waals surface area contributed by atoms with Crippen LogP contribution in [-0.2, 0) is 16.1 Å². The molecule has 0 saturated heterocycles. The van der Waals surface area contributed by atoms with Gasteiger partial charge in [-0.3, -0.25) is 14.5 Å². The zero-order chi connectivity index (χ0) is 22.8. The number of carbonyl (C=O) groups is 2. The van der Waals surface area contributed by atoms with Gasteiger partial charge in [0.15, 0.2) is 11.5 Å². The third-order valence-corrected chi connectivity index (χ3v) is 6.25. The molecule has 2 aromatic carbocycles. The zero-order valence-electron chi connectivity index (χ0n) is 18.4. The number of aryl methyl sites for hydroxylation is 2. The van der Waals surface area contributed by atoms with Gasteiger partial charge in [0.25, 0.3) is 11.8 Å². The molecule has 4 rings (SSSR count). The average molecular weight is 449 g/mol. The van der Waals surface area contributed by atoms with E-state index in [2.05, 4.69) is 5.32 Å².